The van der Waals surface area contributed by atoms with Gasteiger partial charge in [-0.25, -0.2) is 9.78 Å². The number of carbonyl (C=O) groups is 1. The summed E-state index contributed by atoms with van der Waals surface area (Å²) in [4.78, 5) is 19.4. The van der Waals surface area contributed by atoms with Crippen LogP contribution in [0.4, 0.5) is 0 Å². The molecule has 0 aliphatic carbocycles. The van der Waals surface area contributed by atoms with E-state index in [1.165, 1.54) is 12.7 Å². The standard InChI is InChI=1S/C14H12N2O2S/c1-18-14(17)10-3-2-4-11-13(10)16-12(15-11)7-9-5-6-19-8-9/h2-6,8H,7H2,1H3,(H,15,16). The lowest BCUT2D eigenvalue weighted by Gasteiger charge is -1.98. The van der Waals surface area contributed by atoms with Crippen molar-refractivity contribution in [2.24, 2.45) is 0 Å². The Morgan fingerprint density at radius 2 is 2.32 bits per heavy atom. The number of benzene rings is 1. The number of H-pyrrole nitrogens is 1. The maximum atomic E-state index is 11.7. The van der Waals surface area contributed by atoms with E-state index in [0.29, 0.717) is 11.1 Å². The third-order valence-corrected chi connectivity index (χ3v) is 3.65. The van der Waals surface area contributed by atoms with Crippen LogP contribution in [-0.4, -0.2) is 23.0 Å². The number of imidazole rings is 1. The normalized spacial score (nSPS) is 10.8. The summed E-state index contributed by atoms with van der Waals surface area (Å²) in [6.45, 7) is 0. The van der Waals surface area contributed by atoms with E-state index in [9.17, 15) is 4.79 Å². The Kier molecular flexibility index (Phi) is 3.05. The third kappa shape index (κ3) is 2.24. The molecule has 0 atom stereocenters. The van der Waals surface area contributed by atoms with Crippen molar-refractivity contribution >= 4 is 28.3 Å². The quantitative estimate of drug-likeness (QED) is 0.746. The fraction of sp³-hybridized carbons (Fsp3) is 0.143. The van der Waals surface area contributed by atoms with Gasteiger partial charge in [-0.15, -0.1) is 0 Å². The van der Waals surface area contributed by atoms with E-state index in [2.05, 4.69) is 21.4 Å². The Morgan fingerprint density at radius 3 is 3.05 bits per heavy atom. The first-order valence-corrected chi connectivity index (χ1v) is 6.79. The predicted octanol–water partition coefficient (Wildman–Crippen LogP) is 3.00. The first-order valence-electron chi connectivity index (χ1n) is 5.85. The fourth-order valence-corrected chi connectivity index (χ4v) is 2.70. The van der Waals surface area contributed by atoms with Crippen LogP contribution >= 0.6 is 11.3 Å². The van der Waals surface area contributed by atoms with Crippen LogP contribution in [0, 0.1) is 0 Å². The smallest absolute Gasteiger partial charge is 0.340 e. The van der Waals surface area contributed by atoms with Gasteiger partial charge in [0, 0.05) is 6.42 Å². The van der Waals surface area contributed by atoms with E-state index in [0.717, 1.165) is 17.8 Å². The van der Waals surface area contributed by atoms with E-state index in [4.69, 9.17) is 4.74 Å². The number of aromatic amines is 1. The van der Waals surface area contributed by atoms with Gasteiger partial charge in [0.15, 0.2) is 0 Å². The molecule has 0 saturated heterocycles. The maximum Gasteiger partial charge on any atom is 0.340 e. The number of nitrogens with one attached hydrogen (secondary N) is 1. The third-order valence-electron chi connectivity index (χ3n) is 2.92. The number of hydrogen-bond donors (Lipinski definition) is 1. The van der Waals surface area contributed by atoms with Crippen molar-refractivity contribution in [3.63, 3.8) is 0 Å². The molecule has 96 valence electrons. The van der Waals surface area contributed by atoms with Crippen molar-refractivity contribution < 1.29 is 9.53 Å². The van der Waals surface area contributed by atoms with Crippen molar-refractivity contribution in [2.75, 3.05) is 7.11 Å². The first-order chi connectivity index (χ1) is 9.28. The average Bonchev–Trinajstić information content (AvgIpc) is 3.06. The molecule has 0 unspecified atom stereocenters. The van der Waals surface area contributed by atoms with Gasteiger partial charge in [0.2, 0.25) is 0 Å². The van der Waals surface area contributed by atoms with Crippen LogP contribution in [-0.2, 0) is 11.2 Å². The zero-order valence-electron chi connectivity index (χ0n) is 10.3. The summed E-state index contributed by atoms with van der Waals surface area (Å²) in [5.41, 5.74) is 3.23. The fourth-order valence-electron chi connectivity index (χ4n) is 2.03. The Balaban J connectivity index is 2.03. The van der Waals surface area contributed by atoms with E-state index in [1.807, 2.05) is 17.5 Å². The molecular weight excluding hydrogens is 260 g/mol. The highest BCUT2D eigenvalue weighted by molar-refractivity contribution is 7.07. The van der Waals surface area contributed by atoms with Crippen molar-refractivity contribution in [3.8, 4) is 0 Å². The van der Waals surface area contributed by atoms with Crippen LogP contribution in [0.15, 0.2) is 35.0 Å². The molecule has 1 aromatic carbocycles. The molecule has 4 nitrogen and oxygen atoms in total. The van der Waals surface area contributed by atoms with Crippen molar-refractivity contribution in [1.82, 2.24) is 9.97 Å². The minimum absolute atomic E-state index is 0.362. The van der Waals surface area contributed by atoms with Crippen molar-refractivity contribution in [2.45, 2.75) is 6.42 Å². The number of methoxy groups -OCH3 is 1. The van der Waals surface area contributed by atoms with Gasteiger partial charge in [-0.05, 0) is 34.5 Å². The zero-order chi connectivity index (χ0) is 13.2. The molecule has 2 aromatic heterocycles. The van der Waals surface area contributed by atoms with E-state index in [-0.39, 0.29) is 5.97 Å². The predicted molar refractivity (Wildman–Crippen MR) is 74.6 cm³/mol. The zero-order valence-corrected chi connectivity index (χ0v) is 11.2. The van der Waals surface area contributed by atoms with Gasteiger partial charge in [-0.1, -0.05) is 6.07 Å². The molecule has 0 spiro atoms. The molecule has 5 heteroatoms. The average molecular weight is 272 g/mol. The molecule has 0 amide bonds. The summed E-state index contributed by atoms with van der Waals surface area (Å²) >= 11 is 1.66. The minimum atomic E-state index is -0.362. The molecule has 0 bridgehead atoms. The molecular formula is C14H12N2O2S. The molecule has 0 radical (unpaired) electrons. The van der Waals surface area contributed by atoms with Gasteiger partial charge in [0.05, 0.1) is 18.2 Å². The first kappa shape index (κ1) is 11.9. The van der Waals surface area contributed by atoms with Crippen molar-refractivity contribution in [3.05, 3.63) is 52.0 Å². The molecule has 1 N–H and O–H groups in total. The summed E-state index contributed by atoms with van der Waals surface area (Å²) in [7, 11) is 1.38. The Hall–Kier alpha value is -2.14. The van der Waals surface area contributed by atoms with Crippen LogP contribution < -0.4 is 0 Å². The number of esters is 1. The molecule has 3 aromatic rings. The van der Waals surface area contributed by atoms with Crippen molar-refractivity contribution in [1.29, 1.82) is 0 Å². The van der Waals surface area contributed by atoms with Crippen LogP contribution in [0.3, 0.4) is 0 Å². The highest BCUT2D eigenvalue weighted by Gasteiger charge is 2.13. The molecule has 0 aliphatic heterocycles. The highest BCUT2D eigenvalue weighted by atomic mass is 32.1. The lowest BCUT2D eigenvalue weighted by Crippen LogP contribution is -2.01. The number of thiophene rings is 1. The number of hydrogen-bond acceptors (Lipinski definition) is 4. The minimum Gasteiger partial charge on any atom is -0.465 e. The monoisotopic (exact) mass is 272 g/mol. The second-order valence-electron chi connectivity index (χ2n) is 4.19. The summed E-state index contributed by atoms with van der Waals surface area (Å²) in [6, 6.07) is 7.52. The summed E-state index contributed by atoms with van der Waals surface area (Å²) < 4.78 is 4.77. The van der Waals surface area contributed by atoms with Crippen LogP contribution in [0.2, 0.25) is 0 Å². The van der Waals surface area contributed by atoms with Gasteiger partial charge in [0.1, 0.15) is 11.3 Å². The van der Waals surface area contributed by atoms with Gasteiger partial charge in [-0.3, -0.25) is 0 Å². The van der Waals surface area contributed by atoms with Crippen LogP contribution in [0.25, 0.3) is 11.0 Å². The molecule has 0 aliphatic rings. The van der Waals surface area contributed by atoms with Crippen LogP contribution in [0.5, 0.6) is 0 Å². The number of rotatable bonds is 3. The highest BCUT2D eigenvalue weighted by Crippen LogP contribution is 2.19. The molecule has 3 rings (SSSR count). The Labute approximate surface area is 114 Å². The summed E-state index contributed by atoms with van der Waals surface area (Å²) in [5.74, 6) is 0.490. The lowest BCUT2D eigenvalue weighted by atomic mass is 10.2. The maximum absolute atomic E-state index is 11.7. The summed E-state index contributed by atoms with van der Waals surface area (Å²) in [6.07, 6.45) is 0.735. The van der Waals surface area contributed by atoms with Gasteiger partial charge < -0.3 is 9.72 Å². The Morgan fingerprint density at radius 1 is 1.42 bits per heavy atom. The van der Waals surface area contributed by atoms with E-state index >= 15 is 0 Å². The molecule has 0 fully saturated rings. The lowest BCUT2D eigenvalue weighted by molar-refractivity contribution is 0.0603. The second-order valence-corrected chi connectivity index (χ2v) is 4.97. The van der Waals surface area contributed by atoms with E-state index < -0.39 is 0 Å². The van der Waals surface area contributed by atoms with Crippen LogP contribution in [0.1, 0.15) is 21.7 Å². The number of carbonyl (C=O) groups excluding carboxylic acids is 1. The van der Waals surface area contributed by atoms with E-state index in [1.54, 1.807) is 17.4 Å². The number of nitrogens with zero attached hydrogens (tertiary/aromatic N) is 1. The summed E-state index contributed by atoms with van der Waals surface area (Å²) in [5, 5.41) is 4.13. The largest absolute Gasteiger partial charge is 0.465 e. The Bertz CT molecular complexity index is 716. The topological polar surface area (TPSA) is 55.0 Å². The number of ether oxygens (including phenoxy) is 1. The number of aromatic nitrogens is 2. The SMILES string of the molecule is COC(=O)c1cccc2[nH]c(Cc3ccsc3)nc12. The van der Waals surface area contributed by atoms with Gasteiger partial charge >= 0.3 is 5.97 Å². The molecule has 19 heavy (non-hydrogen) atoms. The molecule has 0 saturated carbocycles. The second kappa shape index (κ2) is 4.85. The van der Waals surface area contributed by atoms with Gasteiger partial charge in [-0.2, -0.15) is 11.3 Å². The number of para-hydroxylation sites is 1. The molecule has 2 heterocycles. The number of fused-ring (bicyclic) bond motifs is 1. The van der Waals surface area contributed by atoms with Gasteiger partial charge in [0.25, 0.3) is 0 Å².